The maximum absolute atomic E-state index is 13.0. The summed E-state index contributed by atoms with van der Waals surface area (Å²) < 4.78 is 35.6. The number of esters is 1. The van der Waals surface area contributed by atoms with Crippen LogP contribution in [0.5, 0.6) is 23.0 Å². The number of hydrogen-bond acceptors (Lipinski definition) is 7. The van der Waals surface area contributed by atoms with E-state index in [2.05, 4.69) is 22.0 Å². The van der Waals surface area contributed by atoms with Crippen molar-refractivity contribution >= 4 is 21.9 Å². The SMILES string of the molecule is COc1ccc(Br)cc1C1C(C#N)=C(N)Oc2cc(OC(=O)COc3ccc(F)cc3)ccc21. The number of benzene rings is 3. The monoisotopic (exact) mass is 524 g/mol. The topological polar surface area (TPSA) is 104 Å². The minimum atomic E-state index is -0.661. The molecule has 0 aromatic heterocycles. The molecule has 1 heterocycles. The van der Waals surface area contributed by atoms with Crippen LogP contribution >= 0.6 is 15.9 Å². The highest BCUT2D eigenvalue weighted by Gasteiger charge is 2.33. The van der Waals surface area contributed by atoms with Crippen molar-refractivity contribution in [2.45, 2.75) is 5.92 Å². The standard InChI is InChI=1S/C25H18BrFN2O5/c1-31-21-9-2-14(26)10-19(21)24-18-8-7-17(11-22(18)34-25(29)20(24)12-28)33-23(30)13-32-16-5-3-15(27)4-6-16/h2-11,24H,13,29H2,1H3. The summed E-state index contributed by atoms with van der Waals surface area (Å²) in [7, 11) is 1.54. The number of rotatable bonds is 6. The van der Waals surface area contributed by atoms with Crippen LogP contribution in [0.4, 0.5) is 4.39 Å². The van der Waals surface area contributed by atoms with E-state index in [1.54, 1.807) is 25.3 Å². The lowest BCUT2D eigenvalue weighted by molar-refractivity contribution is -0.136. The zero-order chi connectivity index (χ0) is 24.2. The van der Waals surface area contributed by atoms with Gasteiger partial charge < -0.3 is 24.7 Å². The van der Waals surface area contributed by atoms with Gasteiger partial charge in [-0.3, -0.25) is 0 Å². The van der Waals surface area contributed by atoms with Crippen molar-refractivity contribution in [1.82, 2.24) is 0 Å². The molecule has 3 aromatic rings. The predicted octanol–water partition coefficient (Wildman–Crippen LogP) is 4.80. The second-order valence-electron chi connectivity index (χ2n) is 7.23. The summed E-state index contributed by atoms with van der Waals surface area (Å²) in [6.45, 7) is -0.373. The van der Waals surface area contributed by atoms with Crippen molar-refractivity contribution < 1.29 is 28.1 Å². The molecule has 0 aliphatic carbocycles. The first-order valence-electron chi connectivity index (χ1n) is 10.0. The fourth-order valence-corrected chi connectivity index (χ4v) is 3.96. The quantitative estimate of drug-likeness (QED) is 0.364. The van der Waals surface area contributed by atoms with Gasteiger partial charge in [-0.25, -0.2) is 9.18 Å². The van der Waals surface area contributed by atoms with E-state index in [1.165, 1.54) is 30.3 Å². The molecule has 2 N–H and O–H groups in total. The van der Waals surface area contributed by atoms with Gasteiger partial charge in [0, 0.05) is 21.7 Å². The number of hydrogen-bond donors (Lipinski definition) is 1. The normalized spacial score (nSPS) is 14.5. The molecule has 0 saturated heterocycles. The van der Waals surface area contributed by atoms with Crippen LogP contribution in [0.1, 0.15) is 17.0 Å². The molecule has 1 aliphatic rings. The third kappa shape index (κ3) is 4.82. The van der Waals surface area contributed by atoms with E-state index < -0.39 is 17.7 Å². The van der Waals surface area contributed by atoms with Gasteiger partial charge in [0.05, 0.1) is 13.0 Å². The average molecular weight is 525 g/mol. The number of nitrogens with two attached hydrogens (primary N) is 1. The number of fused-ring (bicyclic) bond motifs is 1. The summed E-state index contributed by atoms with van der Waals surface area (Å²) in [4.78, 5) is 12.2. The maximum atomic E-state index is 13.0. The number of nitrogens with zero attached hydrogens (tertiary/aromatic N) is 1. The third-order valence-electron chi connectivity index (χ3n) is 5.10. The van der Waals surface area contributed by atoms with Crippen LogP contribution in [0.3, 0.4) is 0 Å². The van der Waals surface area contributed by atoms with Gasteiger partial charge in [-0.1, -0.05) is 22.0 Å². The van der Waals surface area contributed by atoms with Crippen molar-refractivity contribution in [1.29, 1.82) is 5.26 Å². The van der Waals surface area contributed by atoms with Crippen LogP contribution in [0.25, 0.3) is 0 Å². The molecule has 7 nitrogen and oxygen atoms in total. The number of carbonyl (C=O) groups is 1. The number of halogens is 2. The smallest absolute Gasteiger partial charge is 0.349 e. The van der Waals surface area contributed by atoms with E-state index in [4.69, 9.17) is 24.7 Å². The van der Waals surface area contributed by atoms with Crippen molar-refractivity contribution in [2.75, 3.05) is 13.7 Å². The van der Waals surface area contributed by atoms with E-state index in [1.807, 2.05) is 12.1 Å². The molecule has 9 heteroatoms. The van der Waals surface area contributed by atoms with Crippen LogP contribution in [-0.4, -0.2) is 19.7 Å². The number of methoxy groups -OCH3 is 1. The molecular formula is C25H18BrFN2O5. The Morgan fingerprint density at radius 1 is 1.12 bits per heavy atom. The number of allylic oxidation sites excluding steroid dienone is 1. The Hall–Kier alpha value is -4.03. The summed E-state index contributed by atoms with van der Waals surface area (Å²) in [6.07, 6.45) is 0. The van der Waals surface area contributed by atoms with Crippen LogP contribution in [-0.2, 0) is 4.79 Å². The fraction of sp³-hybridized carbons (Fsp3) is 0.120. The molecule has 0 radical (unpaired) electrons. The summed E-state index contributed by atoms with van der Waals surface area (Å²) >= 11 is 3.46. The molecule has 172 valence electrons. The zero-order valence-electron chi connectivity index (χ0n) is 17.9. The van der Waals surface area contributed by atoms with Crippen LogP contribution in [0.15, 0.2) is 76.6 Å². The Kier molecular flexibility index (Phi) is 6.70. The average Bonchev–Trinajstić information content (AvgIpc) is 2.82. The van der Waals surface area contributed by atoms with Crippen molar-refractivity contribution in [3.8, 4) is 29.1 Å². The zero-order valence-corrected chi connectivity index (χ0v) is 19.5. The first-order chi connectivity index (χ1) is 16.4. The second-order valence-corrected chi connectivity index (χ2v) is 8.14. The molecule has 0 bridgehead atoms. The van der Waals surface area contributed by atoms with Crippen LogP contribution < -0.4 is 24.7 Å². The van der Waals surface area contributed by atoms with E-state index in [0.29, 0.717) is 22.8 Å². The van der Waals surface area contributed by atoms with Crippen LogP contribution in [0.2, 0.25) is 0 Å². The van der Waals surface area contributed by atoms with Crippen molar-refractivity contribution in [2.24, 2.45) is 5.73 Å². The molecule has 0 saturated carbocycles. The molecule has 4 rings (SSSR count). The summed E-state index contributed by atoms with van der Waals surface area (Å²) in [6, 6.07) is 17.7. The number of carbonyl (C=O) groups excluding carboxylic acids is 1. The van der Waals surface area contributed by atoms with E-state index in [0.717, 1.165) is 10.0 Å². The predicted molar refractivity (Wildman–Crippen MR) is 124 cm³/mol. The summed E-state index contributed by atoms with van der Waals surface area (Å²) in [5.41, 5.74) is 7.68. The van der Waals surface area contributed by atoms with Gasteiger partial charge in [-0.15, -0.1) is 0 Å². The Morgan fingerprint density at radius 2 is 1.85 bits per heavy atom. The lowest BCUT2D eigenvalue weighted by Gasteiger charge is -2.27. The lowest BCUT2D eigenvalue weighted by atomic mass is 9.83. The maximum Gasteiger partial charge on any atom is 0.349 e. The van der Waals surface area contributed by atoms with Gasteiger partial charge in [0.2, 0.25) is 5.88 Å². The largest absolute Gasteiger partial charge is 0.496 e. The van der Waals surface area contributed by atoms with Gasteiger partial charge in [0.15, 0.2) is 6.61 Å². The van der Waals surface area contributed by atoms with Crippen LogP contribution in [0, 0.1) is 17.1 Å². The lowest BCUT2D eigenvalue weighted by Crippen LogP contribution is -2.22. The first-order valence-corrected chi connectivity index (χ1v) is 10.8. The molecule has 0 amide bonds. The minimum Gasteiger partial charge on any atom is -0.496 e. The first kappa shape index (κ1) is 23.1. The Balaban J connectivity index is 1.59. The molecule has 1 unspecified atom stereocenters. The van der Waals surface area contributed by atoms with Gasteiger partial charge in [-0.2, -0.15) is 5.26 Å². The van der Waals surface area contributed by atoms with Crippen molar-refractivity contribution in [3.63, 3.8) is 0 Å². The summed E-state index contributed by atoms with van der Waals surface area (Å²) in [5, 5.41) is 9.77. The highest BCUT2D eigenvalue weighted by molar-refractivity contribution is 9.10. The Bertz CT molecular complexity index is 1320. The molecule has 0 fully saturated rings. The van der Waals surface area contributed by atoms with Crippen molar-refractivity contribution in [3.05, 3.63) is 93.5 Å². The van der Waals surface area contributed by atoms with E-state index in [9.17, 15) is 14.4 Å². The molecule has 34 heavy (non-hydrogen) atoms. The van der Waals surface area contributed by atoms with E-state index in [-0.39, 0.29) is 23.8 Å². The van der Waals surface area contributed by atoms with Gasteiger partial charge in [-0.05, 0) is 48.5 Å². The Labute approximate surface area is 203 Å². The molecular weight excluding hydrogens is 507 g/mol. The highest BCUT2D eigenvalue weighted by Crippen LogP contribution is 2.46. The highest BCUT2D eigenvalue weighted by atomic mass is 79.9. The molecule has 3 aromatic carbocycles. The molecule has 1 aliphatic heterocycles. The Morgan fingerprint density at radius 3 is 2.56 bits per heavy atom. The minimum absolute atomic E-state index is 0.0508. The second kappa shape index (κ2) is 9.85. The fourth-order valence-electron chi connectivity index (χ4n) is 3.58. The number of ether oxygens (including phenoxy) is 4. The van der Waals surface area contributed by atoms with Gasteiger partial charge >= 0.3 is 5.97 Å². The van der Waals surface area contributed by atoms with E-state index >= 15 is 0 Å². The van der Waals surface area contributed by atoms with Gasteiger partial charge in [0.25, 0.3) is 0 Å². The number of nitriles is 1. The van der Waals surface area contributed by atoms with Gasteiger partial charge in [0.1, 0.15) is 40.5 Å². The molecule has 0 spiro atoms. The molecule has 1 atom stereocenters. The summed E-state index contributed by atoms with van der Waals surface area (Å²) in [5.74, 6) is -0.206. The third-order valence-corrected chi connectivity index (χ3v) is 5.59.